The van der Waals surface area contributed by atoms with Crippen LogP contribution in [0.2, 0.25) is 5.02 Å². The number of fused-ring (bicyclic) bond motifs is 1. The Morgan fingerprint density at radius 2 is 2.04 bits per heavy atom. The molecule has 0 fully saturated rings. The number of carbonyl (C=O) groups excluding carboxylic acids is 1. The van der Waals surface area contributed by atoms with Crippen molar-refractivity contribution in [1.29, 1.82) is 0 Å². The van der Waals surface area contributed by atoms with Gasteiger partial charge in [0.2, 0.25) is 0 Å². The zero-order valence-electron chi connectivity index (χ0n) is 14.1. The Balaban J connectivity index is 1.31. The summed E-state index contributed by atoms with van der Waals surface area (Å²) in [7, 11) is 0. The van der Waals surface area contributed by atoms with E-state index in [0.29, 0.717) is 18.0 Å². The number of nitrogens with zero attached hydrogens (tertiary/aromatic N) is 2. The van der Waals surface area contributed by atoms with Crippen LogP contribution in [0.5, 0.6) is 5.75 Å². The molecule has 2 heterocycles. The summed E-state index contributed by atoms with van der Waals surface area (Å²) in [6, 6.07) is 13.6. The molecule has 6 heteroatoms. The fourth-order valence-electron chi connectivity index (χ4n) is 3.02. The normalized spacial score (nSPS) is 15.3. The Labute approximate surface area is 156 Å². The molecule has 0 unspecified atom stereocenters. The quantitative estimate of drug-likeness (QED) is 0.753. The number of benzene rings is 2. The Hall–Kier alpha value is -2.79. The molecule has 0 radical (unpaired) electrons. The molecule has 0 spiro atoms. The number of amides is 1. The second-order valence-corrected chi connectivity index (χ2v) is 6.77. The van der Waals surface area contributed by atoms with E-state index in [2.05, 4.69) is 22.4 Å². The topological polar surface area (TPSA) is 56.2 Å². The third-order valence-electron chi connectivity index (χ3n) is 4.40. The molecule has 3 aromatic rings. The molecule has 2 aromatic carbocycles. The minimum Gasteiger partial charge on any atom is -0.480 e. The van der Waals surface area contributed by atoms with E-state index in [9.17, 15) is 4.79 Å². The van der Waals surface area contributed by atoms with Gasteiger partial charge in [-0.2, -0.15) is 0 Å². The first-order valence-electron chi connectivity index (χ1n) is 8.44. The highest BCUT2D eigenvalue weighted by Crippen LogP contribution is 2.31. The molecule has 0 aliphatic carbocycles. The molecule has 1 aromatic heterocycles. The van der Waals surface area contributed by atoms with Gasteiger partial charge in [0.25, 0.3) is 5.91 Å². The van der Waals surface area contributed by atoms with Crippen molar-refractivity contribution in [1.82, 2.24) is 14.9 Å². The molecule has 1 atom stereocenters. The summed E-state index contributed by atoms with van der Waals surface area (Å²) in [5, 5.41) is 3.60. The average molecular weight is 368 g/mol. The van der Waals surface area contributed by atoms with E-state index >= 15 is 0 Å². The van der Waals surface area contributed by atoms with Gasteiger partial charge in [0.15, 0.2) is 6.10 Å². The Morgan fingerprint density at radius 1 is 1.23 bits per heavy atom. The number of halogens is 1. The van der Waals surface area contributed by atoms with Gasteiger partial charge in [-0.25, -0.2) is 4.98 Å². The lowest BCUT2D eigenvalue weighted by molar-refractivity contribution is -0.127. The van der Waals surface area contributed by atoms with Crippen LogP contribution < -0.4 is 10.1 Å². The number of aromatic nitrogens is 2. The van der Waals surface area contributed by atoms with Crippen molar-refractivity contribution in [2.45, 2.75) is 25.6 Å². The maximum absolute atomic E-state index is 12.4. The highest BCUT2D eigenvalue weighted by Gasteiger charge is 2.28. The monoisotopic (exact) mass is 367 g/mol. The number of nitrogens with one attached hydrogen (secondary N) is 1. The molecule has 0 bridgehead atoms. The van der Waals surface area contributed by atoms with Crippen LogP contribution in [0.25, 0.3) is 0 Å². The summed E-state index contributed by atoms with van der Waals surface area (Å²) in [6.07, 6.45) is 5.54. The lowest BCUT2D eigenvalue weighted by Gasteiger charge is -2.12. The van der Waals surface area contributed by atoms with Gasteiger partial charge in [-0.15, -0.1) is 0 Å². The Morgan fingerprint density at radius 3 is 2.81 bits per heavy atom. The molecule has 132 valence electrons. The van der Waals surface area contributed by atoms with E-state index in [1.165, 1.54) is 5.56 Å². The van der Waals surface area contributed by atoms with Gasteiger partial charge in [-0.1, -0.05) is 35.9 Å². The number of carbonyl (C=O) groups is 1. The van der Waals surface area contributed by atoms with E-state index in [-0.39, 0.29) is 5.91 Å². The van der Waals surface area contributed by atoms with Crippen LogP contribution in [-0.4, -0.2) is 21.6 Å². The van der Waals surface area contributed by atoms with Gasteiger partial charge in [0.1, 0.15) is 5.75 Å². The predicted molar refractivity (Wildman–Crippen MR) is 99.2 cm³/mol. The van der Waals surface area contributed by atoms with Crippen LogP contribution in [0.3, 0.4) is 0 Å². The number of hydrogen-bond donors (Lipinski definition) is 1. The van der Waals surface area contributed by atoms with Gasteiger partial charge in [0, 0.05) is 36.9 Å². The summed E-state index contributed by atoms with van der Waals surface area (Å²) in [5.41, 5.74) is 3.21. The summed E-state index contributed by atoms with van der Waals surface area (Å²) < 4.78 is 7.72. The number of hydrogen-bond acceptors (Lipinski definition) is 3. The summed E-state index contributed by atoms with van der Waals surface area (Å²) in [6.45, 7) is 1.25. The van der Waals surface area contributed by atoms with Crippen molar-refractivity contribution in [2.75, 3.05) is 0 Å². The van der Waals surface area contributed by atoms with E-state index < -0.39 is 6.10 Å². The predicted octanol–water partition coefficient (Wildman–Crippen LogP) is 3.20. The highest BCUT2D eigenvalue weighted by molar-refractivity contribution is 6.30. The largest absolute Gasteiger partial charge is 0.480 e. The summed E-state index contributed by atoms with van der Waals surface area (Å²) in [5.74, 6) is 0.623. The van der Waals surface area contributed by atoms with E-state index in [1.54, 1.807) is 18.6 Å². The van der Waals surface area contributed by atoms with Gasteiger partial charge < -0.3 is 14.6 Å². The molecule has 0 saturated heterocycles. The third-order valence-corrected chi connectivity index (χ3v) is 4.64. The van der Waals surface area contributed by atoms with Crippen LogP contribution in [0, 0.1) is 0 Å². The molecule has 5 nitrogen and oxygen atoms in total. The number of rotatable bonds is 5. The maximum Gasteiger partial charge on any atom is 0.261 e. The van der Waals surface area contributed by atoms with Gasteiger partial charge in [-0.05, 0) is 34.9 Å². The molecule has 1 amide bonds. The van der Waals surface area contributed by atoms with Crippen molar-refractivity contribution < 1.29 is 9.53 Å². The number of imidazole rings is 1. The van der Waals surface area contributed by atoms with E-state index in [0.717, 1.165) is 23.4 Å². The maximum atomic E-state index is 12.4. The van der Waals surface area contributed by atoms with Crippen molar-refractivity contribution in [3.8, 4) is 5.75 Å². The standard InChI is InChI=1S/C20H18ClN3O2/c21-17-5-6-18-16(9-17)10-19(26-18)20(25)23-11-14-1-3-15(4-2-14)12-24-8-7-22-13-24/h1-9,13,19H,10-12H2,(H,23,25)/t19-/m0/s1. The molecule has 26 heavy (non-hydrogen) atoms. The minimum absolute atomic E-state index is 0.111. The molecule has 0 saturated carbocycles. The van der Waals surface area contributed by atoms with Crippen LogP contribution >= 0.6 is 11.6 Å². The first-order chi connectivity index (χ1) is 12.7. The third kappa shape index (κ3) is 3.73. The highest BCUT2D eigenvalue weighted by atomic mass is 35.5. The second kappa shape index (κ2) is 7.22. The first kappa shape index (κ1) is 16.7. The zero-order chi connectivity index (χ0) is 17.9. The Bertz CT molecular complexity index is 907. The van der Waals surface area contributed by atoms with Crippen LogP contribution in [0.15, 0.2) is 61.2 Å². The molecule has 1 N–H and O–H groups in total. The van der Waals surface area contributed by atoms with Crippen LogP contribution in [0.1, 0.15) is 16.7 Å². The second-order valence-electron chi connectivity index (χ2n) is 6.33. The fourth-order valence-corrected chi connectivity index (χ4v) is 3.21. The van der Waals surface area contributed by atoms with E-state index in [1.807, 2.05) is 35.0 Å². The van der Waals surface area contributed by atoms with Gasteiger partial charge in [0.05, 0.1) is 6.33 Å². The summed E-state index contributed by atoms with van der Waals surface area (Å²) in [4.78, 5) is 16.4. The SMILES string of the molecule is O=C(NCc1ccc(Cn2ccnc2)cc1)[C@@H]1Cc2cc(Cl)ccc2O1. The first-order valence-corrected chi connectivity index (χ1v) is 8.81. The zero-order valence-corrected chi connectivity index (χ0v) is 14.8. The lowest BCUT2D eigenvalue weighted by atomic mass is 10.1. The van der Waals surface area contributed by atoms with Crippen molar-refractivity contribution in [2.24, 2.45) is 0 Å². The molecular weight excluding hydrogens is 350 g/mol. The van der Waals surface area contributed by atoms with E-state index in [4.69, 9.17) is 16.3 Å². The average Bonchev–Trinajstić information content (AvgIpc) is 3.30. The van der Waals surface area contributed by atoms with Crippen LogP contribution in [0.4, 0.5) is 0 Å². The van der Waals surface area contributed by atoms with Gasteiger partial charge in [-0.3, -0.25) is 4.79 Å². The minimum atomic E-state index is -0.496. The van der Waals surface area contributed by atoms with Crippen molar-refractivity contribution in [3.05, 3.63) is 82.9 Å². The Kier molecular flexibility index (Phi) is 4.63. The summed E-state index contributed by atoms with van der Waals surface area (Å²) >= 11 is 5.99. The molecule has 4 rings (SSSR count). The smallest absolute Gasteiger partial charge is 0.261 e. The fraction of sp³-hybridized carbons (Fsp3) is 0.200. The number of ether oxygens (including phenoxy) is 1. The van der Waals surface area contributed by atoms with Crippen LogP contribution in [-0.2, 0) is 24.3 Å². The molecule has 1 aliphatic heterocycles. The van der Waals surface area contributed by atoms with Gasteiger partial charge >= 0.3 is 0 Å². The molecule has 1 aliphatic rings. The van der Waals surface area contributed by atoms with Crippen molar-refractivity contribution >= 4 is 17.5 Å². The lowest BCUT2D eigenvalue weighted by Crippen LogP contribution is -2.37. The molecular formula is C20H18ClN3O2. The van der Waals surface area contributed by atoms with Crippen molar-refractivity contribution in [3.63, 3.8) is 0 Å².